The van der Waals surface area contributed by atoms with E-state index in [0.717, 1.165) is 18.2 Å². The Bertz CT molecular complexity index is 1300. The highest BCUT2D eigenvalue weighted by Crippen LogP contribution is 2.38. The molecule has 0 spiro atoms. The van der Waals surface area contributed by atoms with Crippen LogP contribution in [-0.2, 0) is 10.9 Å². The third-order valence-electron chi connectivity index (χ3n) is 4.77. The highest BCUT2D eigenvalue weighted by Gasteiger charge is 2.40. The highest BCUT2D eigenvalue weighted by atomic mass is 35.5. The Labute approximate surface area is 193 Å². The number of Topliss-reactive ketones (excluding diaryl/α,β-unsaturated/α-hetero) is 1. The third-order valence-corrected chi connectivity index (χ3v) is 6.00. The molecule has 0 N–H and O–H groups in total. The van der Waals surface area contributed by atoms with Crippen molar-refractivity contribution in [2.45, 2.75) is 6.18 Å². The molecule has 2 heterocycles. The average molecular weight is 494 g/mol. The van der Waals surface area contributed by atoms with E-state index in [1.54, 1.807) is 17.5 Å². The van der Waals surface area contributed by atoms with Crippen LogP contribution in [0.3, 0.4) is 0 Å². The van der Waals surface area contributed by atoms with E-state index in [2.05, 4.69) is 0 Å². The fraction of sp³-hybridized carbons (Fsp3) is 0.0909. The normalized spacial score (nSPS) is 13.3. The molecule has 3 aromatic rings. The molecule has 1 aliphatic rings. The number of ether oxygens (including phenoxy) is 1. The van der Waals surface area contributed by atoms with Crippen molar-refractivity contribution in [3.63, 3.8) is 0 Å². The minimum absolute atomic E-state index is 0.106. The van der Waals surface area contributed by atoms with Gasteiger partial charge in [-0.15, -0.1) is 11.3 Å². The number of benzene rings is 2. The summed E-state index contributed by atoms with van der Waals surface area (Å²) in [6, 6.07) is 9.03. The smallest absolute Gasteiger partial charge is 0.416 e. The van der Waals surface area contributed by atoms with Gasteiger partial charge in [-0.2, -0.15) is 13.2 Å². The molecule has 11 heteroatoms. The number of imide groups is 1. The van der Waals surface area contributed by atoms with Gasteiger partial charge >= 0.3 is 12.1 Å². The summed E-state index contributed by atoms with van der Waals surface area (Å²) in [4.78, 5) is 50.9. The maximum atomic E-state index is 13.1. The van der Waals surface area contributed by atoms with E-state index in [1.807, 2.05) is 0 Å². The Morgan fingerprint density at radius 3 is 2.39 bits per heavy atom. The third kappa shape index (κ3) is 4.27. The molecule has 0 unspecified atom stereocenters. The number of halogens is 4. The van der Waals surface area contributed by atoms with E-state index >= 15 is 0 Å². The number of carbonyl (C=O) groups excluding carboxylic acids is 4. The van der Waals surface area contributed by atoms with Crippen LogP contribution in [-0.4, -0.2) is 30.2 Å². The van der Waals surface area contributed by atoms with E-state index in [1.165, 1.54) is 23.5 Å². The molecule has 0 fully saturated rings. The van der Waals surface area contributed by atoms with E-state index in [-0.39, 0.29) is 21.7 Å². The van der Waals surface area contributed by atoms with Gasteiger partial charge in [-0.1, -0.05) is 17.7 Å². The van der Waals surface area contributed by atoms with Crippen LogP contribution in [0.2, 0.25) is 5.02 Å². The van der Waals surface area contributed by atoms with Crippen LogP contribution < -0.4 is 4.90 Å². The molecule has 33 heavy (non-hydrogen) atoms. The first-order valence-electron chi connectivity index (χ1n) is 9.21. The molecule has 0 bridgehead atoms. The molecule has 4 rings (SSSR count). The number of ketones is 1. The molecular weight excluding hydrogens is 483 g/mol. The first-order valence-corrected chi connectivity index (χ1v) is 10.5. The number of carbonyl (C=O) groups is 4. The van der Waals surface area contributed by atoms with Gasteiger partial charge in [-0.25, -0.2) is 9.69 Å². The van der Waals surface area contributed by atoms with Crippen molar-refractivity contribution in [1.29, 1.82) is 0 Å². The standard InChI is InChI=1S/C22H11ClF3NO5S/c23-15-6-4-12(22(24,25)26)9-16(15)27-19(29)13-5-3-11(8-14(13)20(27)30)21(31)32-10-17(28)18-2-1-7-33-18/h1-9H,10H2. The van der Waals surface area contributed by atoms with Gasteiger partial charge in [-0.05, 0) is 47.8 Å². The lowest BCUT2D eigenvalue weighted by Gasteiger charge is -2.17. The Hall–Kier alpha value is -3.50. The van der Waals surface area contributed by atoms with Crippen molar-refractivity contribution in [1.82, 2.24) is 0 Å². The number of thiophene rings is 1. The van der Waals surface area contributed by atoms with Gasteiger partial charge in [0, 0.05) is 0 Å². The zero-order chi connectivity index (χ0) is 23.9. The zero-order valence-electron chi connectivity index (χ0n) is 16.3. The SMILES string of the molecule is O=C(OCC(=O)c1cccs1)c1ccc2c(c1)C(=O)N(c1cc(C(F)(F)F)ccc1Cl)C2=O. The van der Waals surface area contributed by atoms with Crippen molar-refractivity contribution in [2.75, 3.05) is 11.5 Å². The number of nitrogens with zero attached hydrogens (tertiary/aromatic N) is 1. The lowest BCUT2D eigenvalue weighted by atomic mass is 10.1. The van der Waals surface area contributed by atoms with Crippen molar-refractivity contribution in [3.05, 3.63) is 86.1 Å². The van der Waals surface area contributed by atoms with Crippen LogP contribution in [0.5, 0.6) is 0 Å². The predicted octanol–water partition coefficient (Wildman–Crippen LogP) is 5.26. The van der Waals surface area contributed by atoms with Crippen molar-refractivity contribution >= 4 is 52.2 Å². The fourth-order valence-electron chi connectivity index (χ4n) is 3.17. The average Bonchev–Trinajstić information content (AvgIpc) is 3.39. The molecular formula is C22H11ClF3NO5S. The van der Waals surface area contributed by atoms with E-state index in [0.29, 0.717) is 15.8 Å². The van der Waals surface area contributed by atoms with Crippen LogP contribution in [0.1, 0.15) is 46.3 Å². The molecule has 0 radical (unpaired) electrons. The molecule has 168 valence electrons. The van der Waals surface area contributed by atoms with Crippen molar-refractivity contribution < 1.29 is 37.1 Å². The van der Waals surface area contributed by atoms with Gasteiger partial charge in [-0.3, -0.25) is 14.4 Å². The topological polar surface area (TPSA) is 80.8 Å². The minimum Gasteiger partial charge on any atom is -0.454 e. The molecule has 2 aromatic carbocycles. The van der Waals surface area contributed by atoms with Crippen LogP contribution in [0.25, 0.3) is 0 Å². The minimum atomic E-state index is -4.71. The molecule has 6 nitrogen and oxygen atoms in total. The van der Waals surface area contributed by atoms with Crippen LogP contribution in [0, 0.1) is 0 Å². The van der Waals surface area contributed by atoms with E-state index in [4.69, 9.17) is 16.3 Å². The second-order valence-corrected chi connectivity index (χ2v) is 8.20. The molecule has 2 amide bonds. The van der Waals surface area contributed by atoms with E-state index in [9.17, 15) is 32.3 Å². The second kappa shape index (κ2) is 8.45. The monoisotopic (exact) mass is 493 g/mol. The Balaban J connectivity index is 1.59. The quantitative estimate of drug-likeness (QED) is 0.275. The van der Waals surface area contributed by atoms with E-state index < -0.39 is 47.6 Å². The molecule has 1 aromatic heterocycles. The largest absolute Gasteiger partial charge is 0.454 e. The first-order chi connectivity index (χ1) is 15.6. The summed E-state index contributed by atoms with van der Waals surface area (Å²) in [5, 5.41) is 1.46. The zero-order valence-corrected chi connectivity index (χ0v) is 17.9. The van der Waals surface area contributed by atoms with Gasteiger partial charge in [0.15, 0.2) is 6.61 Å². The number of hydrogen-bond donors (Lipinski definition) is 0. The predicted molar refractivity (Wildman–Crippen MR) is 113 cm³/mol. The number of fused-ring (bicyclic) bond motifs is 1. The van der Waals surface area contributed by atoms with Crippen LogP contribution in [0.15, 0.2) is 53.9 Å². The molecule has 1 aliphatic heterocycles. The molecule has 0 saturated heterocycles. The lowest BCUT2D eigenvalue weighted by Crippen LogP contribution is -2.30. The maximum Gasteiger partial charge on any atom is 0.416 e. The molecule has 0 saturated carbocycles. The van der Waals surface area contributed by atoms with Gasteiger partial charge in [0.1, 0.15) is 0 Å². The number of anilines is 1. The van der Waals surface area contributed by atoms with Crippen molar-refractivity contribution in [2.24, 2.45) is 0 Å². The number of esters is 1. The summed E-state index contributed by atoms with van der Waals surface area (Å²) in [5.41, 5.74) is -1.93. The Kier molecular flexibility index (Phi) is 5.81. The fourth-order valence-corrected chi connectivity index (χ4v) is 4.02. The van der Waals surface area contributed by atoms with Crippen LogP contribution >= 0.6 is 22.9 Å². The van der Waals surface area contributed by atoms with Crippen LogP contribution in [0.4, 0.5) is 18.9 Å². The molecule has 0 atom stereocenters. The summed E-state index contributed by atoms with van der Waals surface area (Å²) >= 11 is 7.16. The number of rotatable bonds is 5. The summed E-state index contributed by atoms with van der Waals surface area (Å²) < 4.78 is 44.3. The van der Waals surface area contributed by atoms with Gasteiger partial charge in [0.2, 0.25) is 5.78 Å². The van der Waals surface area contributed by atoms with Gasteiger partial charge < -0.3 is 4.74 Å². The second-order valence-electron chi connectivity index (χ2n) is 6.85. The summed E-state index contributed by atoms with van der Waals surface area (Å²) in [7, 11) is 0. The first kappa shape index (κ1) is 22.7. The van der Waals surface area contributed by atoms with Gasteiger partial charge in [0.05, 0.1) is 37.8 Å². The van der Waals surface area contributed by atoms with Crippen molar-refractivity contribution in [3.8, 4) is 0 Å². The maximum absolute atomic E-state index is 13.1. The summed E-state index contributed by atoms with van der Waals surface area (Å²) in [6.45, 7) is -0.519. The number of amides is 2. The summed E-state index contributed by atoms with van der Waals surface area (Å²) in [6.07, 6.45) is -4.71. The molecule has 0 aliphatic carbocycles. The Morgan fingerprint density at radius 1 is 1.00 bits per heavy atom. The highest BCUT2D eigenvalue weighted by molar-refractivity contribution is 7.12. The Morgan fingerprint density at radius 2 is 1.73 bits per heavy atom. The summed E-state index contributed by atoms with van der Waals surface area (Å²) in [5.74, 6) is -3.14. The number of hydrogen-bond acceptors (Lipinski definition) is 6. The number of alkyl halides is 3. The van der Waals surface area contributed by atoms with Gasteiger partial charge in [0.25, 0.3) is 11.8 Å². The lowest BCUT2D eigenvalue weighted by molar-refractivity contribution is -0.137.